The summed E-state index contributed by atoms with van der Waals surface area (Å²) >= 11 is 0. The molecule has 0 radical (unpaired) electrons. The van der Waals surface area contributed by atoms with E-state index in [1.165, 1.54) is 51.4 Å². The van der Waals surface area contributed by atoms with E-state index in [1.807, 2.05) is 0 Å². The second-order valence-corrected chi connectivity index (χ2v) is 29.5. The third-order valence-electron chi connectivity index (χ3n) is 16.7. The van der Waals surface area contributed by atoms with Gasteiger partial charge in [-0.05, 0) is 122 Å². The Bertz CT molecular complexity index is 2360. The summed E-state index contributed by atoms with van der Waals surface area (Å²) in [6.07, 6.45) is 80.6. The molecule has 0 aliphatic heterocycles. The van der Waals surface area contributed by atoms with Gasteiger partial charge in [-0.2, -0.15) is 0 Å². The number of carbonyl (C=O) groups is 4. The quantitative estimate of drug-likeness (QED) is 0.0169. The fourth-order valence-electron chi connectivity index (χ4n) is 10.7. The highest BCUT2D eigenvalue weighted by molar-refractivity contribution is 7.47. The Morgan fingerprint density at radius 3 is 0.784 bits per heavy atom. The summed E-state index contributed by atoms with van der Waals surface area (Å²) < 4.78 is 68.6. The number of aliphatic hydroxyl groups excluding tert-OH is 1. The highest BCUT2D eigenvalue weighted by Gasteiger charge is 2.30. The van der Waals surface area contributed by atoms with Crippen LogP contribution in [0, 0.1) is 0 Å². The molecule has 588 valence electrons. The number of hydrogen-bond acceptors (Lipinski definition) is 15. The summed E-state index contributed by atoms with van der Waals surface area (Å²) in [5.41, 5.74) is 0. The van der Waals surface area contributed by atoms with Gasteiger partial charge in [0.2, 0.25) is 0 Å². The molecule has 0 saturated carbocycles. The number of rotatable bonds is 75. The lowest BCUT2D eigenvalue weighted by atomic mass is 10.0. The molecule has 0 fully saturated rings. The first kappa shape index (κ1) is 97.7. The molecule has 5 atom stereocenters. The Balaban J connectivity index is 5.35. The van der Waals surface area contributed by atoms with Crippen LogP contribution in [0.25, 0.3) is 0 Å². The maximum Gasteiger partial charge on any atom is 0.472 e. The number of unbranched alkanes of at least 4 members (excludes halogenated alkanes) is 31. The van der Waals surface area contributed by atoms with Crippen molar-refractivity contribution in [3.05, 3.63) is 109 Å². The maximum atomic E-state index is 13.1. The number of phosphoric acid groups is 2. The van der Waals surface area contributed by atoms with E-state index in [2.05, 4.69) is 137 Å². The van der Waals surface area contributed by atoms with E-state index in [9.17, 15) is 43.2 Å². The van der Waals surface area contributed by atoms with Gasteiger partial charge in [0.25, 0.3) is 0 Å². The highest BCUT2D eigenvalue weighted by atomic mass is 31.2. The number of phosphoric ester groups is 2. The lowest BCUT2D eigenvalue weighted by molar-refractivity contribution is -0.161. The SMILES string of the molecule is CC/C=C\C/C=C\C/C=C\CCCCCCCCCC(=O)OCC(COP(=O)(O)OCC(O)COP(=O)(O)OCC(COC(=O)CCCCCCCCC/C=C\C/C=C\C/C=C\CC)OC(=O)CCCCCCCCCCCCCCC)OC(=O)CCCCCCC/C=C\C/C=C\C/C=C\CC. The van der Waals surface area contributed by atoms with Gasteiger partial charge in [-0.1, -0.05) is 298 Å². The van der Waals surface area contributed by atoms with Gasteiger partial charge in [0.15, 0.2) is 12.2 Å². The molecule has 0 rings (SSSR count). The summed E-state index contributed by atoms with van der Waals surface area (Å²) in [4.78, 5) is 73.0. The third kappa shape index (κ3) is 74.0. The van der Waals surface area contributed by atoms with Gasteiger partial charge in [-0.3, -0.25) is 37.3 Å². The van der Waals surface area contributed by atoms with Crippen LogP contribution in [0.3, 0.4) is 0 Å². The van der Waals surface area contributed by atoms with E-state index in [-0.39, 0.29) is 25.7 Å². The van der Waals surface area contributed by atoms with Crippen LogP contribution in [-0.4, -0.2) is 96.7 Å². The summed E-state index contributed by atoms with van der Waals surface area (Å²) in [5, 5.41) is 10.6. The Hall–Kier alpha value is -4.28. The molecule has 17 nitrogen and oxygen atoms in total. The van der Waals surface area contributed by atoms with Gasteiger partial charge in [-0.25, -0.2) is 9.13 Å². The first-order valence-corrected chi connectivity index (χ1v) is 43.1. The van der Waals surface area contributed by atoms with E-state index in [0.717, 1.165) is 205 Å². The Labute approximate surface area is 619 Å². The monoisotopic (exact) mass is 1470 g/mol. The molecule has 0 saturated heterocycles. The zero-order valence-electron chi connectivity index (χ0n) is 64.3. The molecule has 0 aromatic rings. The van der Waals surface area contributed by atoms with Crippen LogP contribution in [0.2, 0.25) is 0 Å². The number of carbonyl (C=O) groups excluding carboxylic acids is 4. The third-order valence-corrected chi connectivity index (χ3v) is 18.6. The van der Waals surface area contributed by atoms with Crippen LogP contribution in [0.4, 0.5) is 0 Å². The molecule has 0 aliphatic rings. The summed E-state index contributed by atoms with van der Waals surface area (Å²) in [5.74, 6) is -2.20. The van der Waals surface area contributed by atoms with E-state index < -0.39 is 97.5 Å². The van der Waals surface area contributed by atoms with Gasteiger partial charge in [0.1, 0.15) is 19.3 Å². The van der Waals surface area contributed by atoms with E-state index in [4.69, 9.17) is 37.0 Å². The number of aliphatic hydroxyl groups is 1. The molecular weight excluding hydrogens is 1330 g/mol. The van der Waals surface area contributed by atoms with Crippen LogP contribution in [0.1, 0.15) is 336 Å². The standard InChI is InChI=1S/C83H144O17P2/c1-5-9-13-17-21-25-29-33-36-38-41-44-47-51-55-59-63-67-80(85)93-73-78(99-82(87)69-65-61-57-53-49-43-32-28-24-20-16-12-8-4)75-97-101(89,90)95-71-77(84)72-96-102(91,92)98-76-79(100-83(88)70-66-62-58-54-50-46-40-35-31-27-23-19-15-11-7-3)74-94-81(86)68-64-60-56-52-48-45-42-39-37-34-30-26-22-18-14-10-6-2/h9-11,13-15,21-23,25-27,33-37,40,77-79,84H,5-8,12,16-20,24,28-32,38-39,41-76H2,1-4H3,(H,89,90)(H,91,92)/b13-9-,14-10-,15-11-,25-21-,26-22-,27-23-,36-33-,37-34-,40-35-. The van der Waals surface area contributed by atoms with Gasteiger partial charge in [-0.15, -0.1) is 0 Å². The molecule has 0 amide bonds. The fraction of sp³-hybridized carbons (Fsp3) is 0.735. The van der Waals surface area contributed by atoms with Crippen molar-refractivity contribution in [3.8, 4) is 0 Å². The van der Waals surface area contributed by atoms with E-state index >= 15 is 0 Å². The predicted molar refractivity (Wildman–Crippen MR) is 418 cm³/mol. The minimum atomic E-state index is -4.98. The molecule has 0 aromatic heterocycles. The molecule has 0 bridgehead atoms. The van der Waals surface area contributed by atoms with Crippen molar-refractivity contribution in [3.63, 3.8) is 0 Å². The topological polar surface area (TPSA) is 237 Å². The Morgan fingerprint density at radius 1 is 0.284 bits per heavy atom. The second-order valence-electron chi connectivity index (χ2n) is 26.6. The average molecular weight is 1480 g/mol. The van der Waals surface area contributed by atoms with E-state index in [1.54, 1.807) is 0 Å². The molecule has 5 unspecified atom stereocenters. The van der Waals surface area contributed by atoms with Crippen LogP contribution in [0.15, 0.2) is 109 Å². The fourth-order valence-corrected chi connectivity index (χ4v) is 12.3. The van der Waals surface area contributed by atoms with Gasteiger partial charge in [0.05, 0.1) is 26.4 Å². The average Bonchev–Trinajstić information content (AvgIpc) is 0.939. The number of ether oxygens (including phenoxy) is 4. The summed E-state index contributed by atoms with van der Waals surface area (Å²) in [7, 11) is -9.96. The molecule has 0 spiro atoms. The smallest absolute Gasteiger partial charge is 0.462 e. The molecular formula is C83H144O17P2. The van der Waals surface area contributed by atoms with Crippen LogP contribution >= 0.6 is 15.6 Å². The zero-order valence-corrected chi connectivity index (χ0v) is 66.0. The van der Waals surface area contributed by atoms with Gasteiger partial charge >= 0.3 is 39.5 Å². The lowest BCUT2D eigenvalue weighted by Gasteiger charge is -2.21. The van der Waals surface area contributed by atoms with Crippen molar-refractivity contribution in [2.24, 2.45) is 0 Å². The van der Waals surface area contributed by atoms with Gasteiger partial charge < -0.3 is 33.8 Å². The normalized spacial score (nSPS) is 14.5. The van der Waals surface area contributed by atoms with Crippen molar-refractivity contribution >= 4 is 39.5 Å². The number of esters is 4. The van der Waals surface area contributed by atoms with Gasteiger partial charge in [0, 0.05) is 25.7 Å². The minimum absolute atomic E-state index is 0.0727. The zero-order chi connectivity index (χ0) is 74.6. The second kappa shape index (κ2) is 75.0. The summed E-state index contributed by atoms with van der Waals surface area (Å²) in [6.45, 7) is 4.54. The molecule has 0 aromatic carbocycles. The predicted octanol–water partition coefficient (Wildman–Crippen LogP) is 23.3. The first-order chi connectivity index (χ1) is 49.7. The first-order valence-electron chi connectivity index (χ1n) is 40.1. The highest BCUT2D eigenvalue weighted by Crippen LogP contribution is 2.45. The van der Waals surface area contributed by atoms with Crippen molar-refractivity contribution in [2.45, 2.75) is 354 Å². The van der Waals surface area contributed by atoms with E-state index in [0.29, 0.717) is 25.7 Å². The number of allylic oxidation sites excluding steroid dienone is 18. The van der Waals surface area contributed by atoms with Crippen molar-refractivity contribution in [1.29, 1.82) is 0 Å². The lowest BCUT2D eigenvalue weighted by Crippen LogP contribution is -2.30. The van der Waals surface area contributed by atoms with Crippen molar-refractivity contribution < 1.29 is 80.2 Å². The molecule has 0 aliphatic carbocycles. The van der Waals surface area contributed by atoms with Crippen LogP contribution in [-0.2, 0) is 65.4 Å². The summed E-state index contributed by atoms with van der Waals surface area (Å²) in [6, 6.07) is 0. The number of hydrogen-bond donors (Lipinski definition) is 3. The maximum absolute atomic E-state index is 13.1. The van der Waals surface area contributed by atoms with Crippen molar-refractivity contribution in [2.75, 3.05) is 39.6 Å². The molecule has 0 heterocycles. The van der Waals surface area contributed by atoms with Crippen LogP contribution in [0.5, 0.6) is 0 Å². The molecule has 102 heavy (non-hydrogen) atoms. The molecule has 19 heteroatoms. The Kier molecular flexibility index (Phi) is 71.8. The largest absolute Gasteiger partial charge is 0.472 e. The van der Waals surface area contributed by atoms with Crippen LogP contribution < -0.4 is 0 Å². The Morgan fingerprint density at radius 2 is 0.510 bits per heavy atom. The molecule has 3 N–H and O–H groups in total. The minimum Gasteiger partial charge on any atom is -0.462 e. The van der Waals surface area contributed by atoms with Crippen molar-refractivity contribution in [1.82, 2.24) is 0 Å².